The lowest BCUT2D eigenvalue weighted by molar-refractivity contribution is -0.931. The second-order valence-electron chi connectivity index (χ2n) is 7.68. The number of carbonyl (C=O) groups excluding carboxylic acids is 1. The number of unbranched alkanes of at least 4 members (excludes halogenated alkanes) is 3. The van der Waals surface area contributed by atoms with Gasteiger partial charge in [-0.15, -0.1) is 0 Å². The normalized spacial score (nSPS) is 13.4. The van der Waals surface area contributed by atoms with E-state index >= 15 is 0 Å². The van der Waals surface area contributed by atoms with E-state index in [4.69, 9.17) is 9.26 Å². The van der Waals surface area contributed by atoms with Gasteiger partial charge in [-0.1, -0.05) is 46.6 Å². The smallest absolute Gasteiger partial charge is 0.462 e. The topological polar surface area (TPSA) is 93.1 Å². The number of esters is 1. The average molecular weight is 423 g/mol. The first-order chi connectivity index (χ1) is 13.1. The molecule has 28 heavy (non-hydrogen) atoms. The van der Waals surface area contributed by atoms with Crippen LogP contribution in [0, 0.1) is 0 Å². The summed E-state index contributed by atoms with van der Waals surface area (Å²) in [6, 6.07) is 0. The lowest BCUT2D eigenvalue weighted by atomic mass is 10.1. The van der Waals surface area contributed by atoms with Gasteiger partial charge in [0.05, 0.1) is 26.2 Å². The molecule has 0 spiro atoms. The van der Waals surface area contributed by atoms with Gasteiger partial charge in [0.1, 0.15) is 12.6 Å². The highest BCUT2D eigenvalue weighted by Crippen LogP contribution is 2.39. The van der Waals surface area contributed by atoms with Crippen LogP contribution in [0.5, 0.6) is 0 Å². The van der Waals surface area contributed by atoms with E-state index in [1.54, 1.807) is 6.92 Å². The summed E-state index contributed by atoms with van der Waals surface area (Å²) in [5.41, 5.74) is 0.298. The van der Waals surface area contributed by atoms with Crippen LogP contribution in [0.15, 0.2) is 12.2 Å². The molecule has 1 atom stereocenters. The number of rotatable bonds is 17. The molecule has 0 saturated heterocycles. The molecule has 0 rings (SSSR count). The van der Waals surface area contributed by atoms with Crippen molar-refractivity contribution in [2.75, 3.05) is 32.8 Å². The van der Waals surface area contributed by atoms with E-state index in [0.29, 0.717) is 12.1 Å². The van der Waals surface area contributed by atoms with Gasteiger partial charge in [-0.25, -0.2) is 9.36 Å². The molecule has 2 N–H and O–H groups in total. The van der Waals surface area contributed by atoms with Crippen molar-refractivity contribution >= 4 is 13.8 Å². The summed E-state index contributed by atoms with van der Waals surface area (Å²) in [6.07, 6.45) is 5.94. The fourth-order valence-corrected chi connectivity index (χ4v) is 3.86. The molecule has 0 aliphatic heterocycles. The molecule has 0 aliphatic rings. The third-order valence-corrected chi connectivity index (χ3v) is 5.43. The molecule has 0 aromatic heterocycles. The molecule has 8 heteroatoms. The number of phosphoric ester groups is 1. The quantitative estimate of drug-likeness (QED) is 0.158. The summed E-state index contributed by atoms with van der Waals surface area (Å²) in [5.74, 6) is -0.501. The van der Waals surface area contributed by atoms with E-state index < -0.39 is 19.9 Å². The van der Waals surface area contributed by atoms with E-state index in [1.807, 2.05) is 0 Å². The van der Waals surface area contributed by atoms with Crippen LogP contribution < -0.4 is 0 Å². The van der Waals surface area contributed by atoms with E-state index in [0.717, 1.165) is 62.6 Å². The van der Waals surface area contributed by atoms with Crippen molar-refractivity contribution < 1.29 is 32.9 Å². The minimum atomic E-state index is -4.64. The van der Waals surface area contributed by atoms with Crippen molar-refractivity contribution in [1.82, 2.24) is 0 Å². The largest absolute Gasteiger partial charge is 0.470 e. The Hall–Kier alpha value is -0.720. The highest BCUT2D eigenvalue weighted by atomic mass is 31.2. The molecule has 0 radical (unpaired) electrons. The van der Waals surface area contributed by atoms with Gasteiger partial charge in [0.25, 0.3) is 0 Å². The second-order valence-corrected chi connectivity index (χ2v) is 8.87. The van der Waals surface area contributed by atoms with Crippen molar-refractivity contribution in [3.63, 3.8) is 0 Å². The minimum Gasteiger partial charge on any atom is -0.462 e. The van der Waals surface area contributed by atoms with Gasteiger partial charge < -0.3 is 19.0 Å². The summed E-state index contributed by atoms with van der Waals surface area (Å²) in [7, 11) is -4.64. The Morgan fingerprint density at radius 1 is 1.04 bits per heavy atom. The van der Waals surface area contributed by atoms with Crippen LogP contribution in [-0.4, -0.2) is 59.1 Å². The third kappa shape index (κ3) is 12.7. The molecule has 0 aliphatic carbocycles. The van der Waals surface area contributed by atoms with Gasteiger partial charge in [0.2, 0.25) is 0 Å². The number of phosphoric acid groups is 1. The summed E-state index contributed by atoms with van der Waals surface area (Å²) in [6.45, 7) is 15.0. The van der Waals surface area contributed by atoms with E-state index in [2.05, 4.69) is 27.4 Å². The van der Waals surface area contributed by atoms with Gasteiger partial charge in [0.15, 0.2) is 0 Å². The zero-order chi connectivity index (χ0) is 21.6. The van der Waals surface area contributed by atoms with Crippen LogP contribution in [0.3, 0.4) is 0 Å². The Bertz CT molecular complexity index is 483. The van der Waals surface area contributed by atoms with Crippen LogP contribution in [-0.2, 0) is 18.6 Å². The fourth-order valence-electron chi connectivity index (χ4n) is 3.30. The number of nitrogens with zero attached hydrogens (tertiary/aromatic N) is 1. The molecule has 0 aromatic rings. The van der Waals surface area contributed by atoms with Gasteiger partial charge >= 0.3 is 13.8 Å². The van der Waals surface area contributed by atoms with Crippen molar-refractivity contribution in [3.05, 3.63) is 12.2 Å². The highest BCUT2D eigenvalue weighted by molar-refractivity contribution is 7.46. The van der Waals surface area contributed by atoms with Gasteiger partial charge in [-0.2, -0.15) is 0 Å². The van der Waals surface area contributed by atoms with Crippen LogP contribution in [0.2, 0.25) is 0 Å². The molecule has 1 unspecified atom stereocenters. The van der Waals surface area contributed by atoms with Crippen molar-refractivity contribution in [1.29, 1.82) is 0 Å². The maximum Gasteiger partial charge on any atom is 0.470 e. The highest BCUT2D eigenvalue weighted by Gasteiger charge is 2.33. The predicted molar refractivity (Wildman–Crippen MR) is 112 cm³/mol. The summed E-state index contributed by atoms with van der Waals surface area (Å²) in [5, 5.41) is 0. The summed E-state index contributed by atoms with van der Waals surface area (Å²) >= 11 is 0. The van der Waals surface area contributed by atoms with E-state index in [9.17, 15) is 19.1 Å². The number of hydrogen-bond acceptors (Lipinski definition) is 4. The molecule has 166 valence electrons. The second kappa shape index (κ2) is 14.3. The Morgan fingerprint density at radius 2 is 1.50 bits per heavy atom. The fraction of sp³-hybridized carbons (Fsp3) is 0.850. The average Bonchev–Trinajstić information content (AvgIpc) is 2.61. The van der Waals surface area contributed by atoms with Gasteiger partial charge in [0, 0.05) is 12.0 Å². The van der Waals surface area contributed by atoms with Crippen molar-refractivity contribution in [2.45, 2.75) is 78.7 Å². The zero-order valence-electron chi connectivity index (χ0n) is 18.2. The summed E-state index contributed by atoms with van der Waals surface area (Å²) in [4.78, 5) is 30.3. The molecule has 0 bridgehead atoms. The predicted octanol–water partition coefficient (Wildman–Crippen LogP) is 4.19. The minimum absolute atomic E-state index is 0.0473. The molecular formula is C20H41NO6P+. The van der Waals surface area contributed by atoms with Gasteiger partial charge in [-0.3, -0.25) is 4.52 Å². The molecular weight excluding hydrogens is 381 g/mol. The van der Waals surface area contributed by atoms with E-state index in [1.165, 1.54) is 0 Å². The Kier molecular flexibility index (Phi) is 13.9. The standard InChI is InChI=1S/C20H40NO6P/c1-6-9-13-21(14-10-7-2,15-11-8-3)17-19(27-28(23,24)25)12-16-26-20(22)18(4)5/h19H,4,6-17H2,1-3,5H3,(H-,23,24,25)/p+1. The number of carbonyl (C=O) groups is 1. The lowest BCUT2D eigenvalue weighted by Crippen LogP contribution is -2.54. The Labute approximate surface area is 170 Å². The third-order valence-electron chi connectivity index (χ3n) is 4.86. The van der Waals surface area contributed by atoms with Crippen LogP contribution in [0.25, 0.3) is 0 Å². The monoisotopic (exact) mass is 422 g/mol. The van der Waals surface area contributed by atoms with Crippen molar-refractivity contribution in [2.24, 2.45) is 0 Å². The Morgan fingerprint density at radius 3 is 1.86 bits per heavy atom. The first-order valence-electron chi connectivity index (χ1n) is 10.5. The number of quaternary nitrogens is 1. The first-order valence-corrected chi connectivity index (χ1v) is 12.0. The molecule has 0 saturated carbocycles. The lowest BCUT2D eigenvalue weighted by Gasteiger charge is -2.41. The zero-order valence-corrected chi connectivity index (χ0v) is 19.1. The number of hydrogen-bond donors (Lipinski definition) is 2. The van der Waals surface area contributed by atoms with Crippen LogP contribution in [0.1, 0.15) is 72.6 Å². The molecule has 0 heterocycles. The van der Waals surface area contributed by atoms with E-state index in [-0.39, 0.29) is 13.0 Å². The Balaban J connectivity index is 5.34. The number of ether oxygens (including phenoxy) is 1. The maximum atomic E-state index is 11.6. The molecule has 0 fully saturated rings. The maximum absolute atomic E-state index is 11.6. The summed E-state index contributed by atoms with van der Waals surface area (Å²) < 4.78 is 22.5. The molecule has 7 nitrogen and oxygen atoms in total. The van der Waals surface area contributed by atoms with Crippen LogP contribution >= 0.6 is 7.82 Å². The molecule has 0 amide bonds. The van der Waals surface area contributed by atoms with Gasteiger partial charge in [-0.05, 0) is 26.2 Å². The van der Waals surface area contributed by atoms with Crippen molar-refractivity contribution in [3.8, 4) is 0 Å². The SMILES string of the molecule is C=C(C)C(=O)OCCC(C[N+](CCCC)(CCCC)CCCC)OP(=O)(O)O. The molecule has 0 aromatic carbocycles. The van der Waals surface area contributed by atoms with Crippen LogP contribution in [0.4, 0.5) is 0 Å². The first kappa shape index (κ1) is 27.3.